The quantitative estimate of drug-likeness (QED) is 0.654. The lowest BCUT2D eigenvalue weighted by molar-refractivity contribution is -0.134. The van der Waals surface area contributed by atoms with E-state index in [0.29, 0.717) is 24.8 Å². The molecule has 1 aromatic carbocycles. The second-order valence-corrected chi connectivity index (χ2v) is 9.19. The first-order valence-electron chi connectivity index (χ1n) is 11.2. The van der Waals surface area contributed by atoms with Crippen molar-refractivity contribution < 1.29 is 9.59 Å². The van der Waals surface area contributed by atoms with Crippen LogP contribution in [0.15, 0.2) is 30.3 Å². The van der Waals surface area contributed by atoms with E-state index >= 15 is 0 Å². The number of carbonyl (C=O) groups is 2. The molecule has 1 aliphatic rings. The van der Waals surface area contributed by atoms with Gasteiger partial charge in [-0.3, -0.25) is 14.5 Å². The largest absolute Gasteiger partial charge is 0.353 e. The fraction of sp³-hybridized carbons (Fsp3) is 0.667. The van der Waals surface area contributed by atoms with Gasteiger partial charge in [0.25, 0.3) is 0 Å². The van der Waals surface area contributed by atoms with Crippen LogP contribution in [0.2, 0.25) is 0 Å². The van der Waals surface area contributed by atoms with Gasteiger partial charge < -0.3 is 10.2 Å². The molecule has 0 atom stereocenters. The van der Waals surface area contributed by atoms with Crippen molar-refractivity contribution in [3.05, 3.63) is 35.9 Å². The molecule has 0 aromatic heterocycles. The zero-order valence-electron chi connectivity index (χ0n) is 18.7. The second kappa shape index (κ2) is 12.0. The van der Waals surface area contributed by atoms with E-state index in [-0.39, 0.29) is 17.9 Å². The van der Waals surface area contributed by atoms with Crippen molar-refractivity contribution in [2.24, 2.45) is 11.8 Å². The number of benzene rings is 1. The number of carbonyl (C=O) groups excluding carboxylic acids is 2. The summed E-state index contributed by atoms with van der Waals surface area (Å²) < 4.78 is 0. The minimum absolute atomic E-state index is 0.128. The lowest BCUT2D eigenvalue weighted by Gasteiger charge is -2.34. The Morgan fingerprint density at radius 2 is 1.62 bits per heavy atom. The van der Waals surface area contributed by atoms with E-state index in [1.54, 1.807) is 0 Å². The van der Waals surface area contributed by atoms with Gasteiger partial charge in [0, 0.05) is 38.6 Å². The topological polar surface area (TPSA) is 52.7 Å². The smallest absolute Gasteiger partial charge is 0.236 e. The van der Waals surface area contributed by atoms with Crippen LogP contribution in [-0.2, 0) is 16.0 Å². The van der Waals surface area contributed by atoms with Crippen molar-refractivity contribution in [1.82, 2.24) is 15.1 Å². The molecule has 2 rings (SSSR count). The Morgan fingerprint density at radius 3 is 2.17 bits per heavy atom. The van der Waals surface area contributed by atoms with Crippen LogP contribution in [0.4, 0.5) is 0 Å². The van der Waals surface area contributed by atoms with E-state index in [1.807, 2.05) is 23.1 Å². The van der Waals surface area contributed by atoms with E-state index in [9.17, 15) is 9.59 Å². The normalized spacial score (nSPS) is 15.7. The van der Waals surface area contributed by atoms with Gasteiger partial charge in [0.15, 0.2) is 0 Å². The van der Waals surface area contributed by atoms with Crippen LogP contribution >= 0.6 is 0 Å². The van der Waals surface area contributed by atoms with Crippen molar-refractivity contribution in [3.8, 4) is 0 Å². The van der Waals surface area contributed by atoms with E-state index in [4.69, 9.17) is 0 Å². The average Bonchev–Trinajstić information content (AvgIpc) is 2.67. The summed E-state index contributed by atoms with van der Waals surface area (Å²) in [4.78, 5) is 29.3. The Morgan fingerprint density at radius 1 is 1.03 bits per heavy atom. The molecule has 5 nitrogen and oxygen atoms in total. The fourth-order valence-corrected chi connectivity index (χ4v) is 3.89. The van der Waals surface area contributed by atoms with Crippen LogP contribution in [0.3, 0.4) is 0 Å². The zero-order valence-corrected chi connectivity index (χ0v) is 18.7. The maximum Gasteiger partial charge on any atom is 0.236 e. The van der Waals surface area contributed by atoms with E-state index in [1.165, 1.54) is 5.56 Å². The summed E-state index contributed by atoms with van der Waals surface area (Å²) in [6, 6.07) is 10.4. The molecular formula is C24H39N3O2. The monoisotopic (exact) mass is 401 g/mol. The van der Waals surface area contributed by atoms with Crippen molar-refractivity contribution >= 4 is 11.8 Å². The Bertz CT molecular complexity index is 612. The second-order valence-electron chi connectivity index (χ2n) is 9.19. The molecule has 0 radical (unpaired) electrons. The summed E-state index contributed by atoms with van der Waals surface area (Å²) in [5.74, 6) is 1.32. The molecule has 1 aromatic rings. The van der Waals surface area contributed by atoms with Gasteiger partial charge in [-0.2, -0.15) is 0 Å². The molecule has 29 heavy (non-hydrogen) atoms. The Labute approximate surface area is 176 Å². The highest BCUT2D eigenvalue weighted by Crippen LogP contribution is 2.12. The first kappa shape index (κ1) is 23.4. The molecule has 1 saturated heterocycles. The minimum atomic E-state index is 0.128. The highest BCUT2D eigenvalue weighted by Gasteiger charge is 2.24. The van der Waals surface area contributed by atoms with Gasteiger partial charge in [0.2, 0.25) is 11.8 Å². The van der Waals surface area contributed by atoms with Gasteiger partial charge in [0.05, 0.1) is 6.54 Å². The molecule has 5 heteroatoms. The molecule has 162 valence electrons. The number of hydrogen-bond donors (Lipinski definition) is 1. The number of hydrogen-bond acceptors (Lipinski definition) is 3. The van der Waals surface area contributed by atoms with E-state index in [2.05, 4.69) is 50.0 Å². The fourth-order valence-electron chi connectivity index (χ4n) is 3.89. The van der Waals surface area contributed by atoms with Gasteiger partial charge >= 0.3 is 0 Å². The van der Waals surface area contributed by atoms with Crippen molar-refractivity contribution in [3.63, 3.8) is 0 Å². The number of nitrogens with one attached hydrogen (secondary N) is 1. The standard InChI is InChI=1S/C24H39N3O2/c1-19(2)16-27(17-20(3)4)24(29)18-26-14-12-22(13-15-26)25-23(28)11-10-21-8-6-5-7-9-21/h5-9,19-20,22H,10-18H2,1-4H3,(H,25,28). The maximum absolute atomic E-state index is 12.8. The van der Waals surface area contributed by atoms with Crippen LogP contribution in [0.5, 0.6) is 0 Å². The zero-order chi connectivity index (χ0) is 21.2. The van der Waals surface area contributed by atoms with E-state index in [0.717, 1.165) is 45.4 Å². The van der Waals surface area contributed by atoms with Crippen LogP contribution in [0, 0.1) is 11.8 Å². The van der Waals surface area contributed by atoms with Crippen molar-refractivity contribution in [2.45, 2.75) is 59.4 Å². The summed E-state index contributed by atoms with van der Waals surface area (Å²) in [7, 11) is 0. The number of aryl methyl sites for hydroxylation is 1. The maximum atomic E-state index is 12.8. The Hall–Kier alpha value is -1.88. The summed E-state index contributed by atoms with van der Waals surface area (Å²) in [5.41, 5.74) is 1.20. The van der Waals surface area contributed by atoms with Gasteiger partial charge in [-0.05, 0) is 36.7 Å². The Kier molecular flexibility index (Phi) is 9.65. The predicted octanol–water partition coefficient (Wildman–Crippen LogP) is 3.34. The Balaban J connectivity index is 1.70. The number of rotatable bonds is 10. The van der Waals surface area contributed by atoms with Gasteiger partial charge in [0.1, 0.15) is 0 Å². The average molecular weight is 402 g/mol. The molecule has 0 bridgehead atoms. The first-order chi connectivity index (χ1) is 13.8. The first-order valence-corrected chi connectivity index (χ1v) is 11.2. The molecule has 1 aliphatic heterocycles. The summed E-state index contributed by atoms with van der Waals surface area (Å²) in [6.45, 7) is 12.5. The highest BCUT2D eigenvalue weighted by molar-refractivity contribution is 5.78. The molecule has 1 heterocycles. The third-order valence-corrected chi connectivity index (χ3v) is 5.32. The molecule has 2 amide bonds. The number of piperidine rings is 1. The molecule has 0 aliphatic carbocycles. The third kappa shape index (κ3) is 8.99. The molecule has 0 spiro atoms. The van der Waals surface area contributed by atoms with Gasteiger partial charge in [-0.1, -0.05) is 58.0 Å². The number of nitrogens with zero attached hydrogens (tertiary/aromatic N) is 2. The molecule has 1 N–H and O–H groups in total. The summed E-state index contributed by atoms with van der Waals surface area (Å²) in [5, 5.41) is 3.18. The van der Waals surface area contributed by atoms with Gasteiger partial charge in [-0.15, -0.1) is 0 Å². The lowest BCUT2D eigenvalue weighted by Crippen LogP contribution is -2.49. The van der Waals surface area contributed by atoms with E-state index < -0.39 is 0 Å². The van der Waals surface area contributed by atoms with Crippen LogP contribution in [0.1, 0.15) is 52.5 Å². The van der Waals surface area contributed by atoms with Crippen molar-refractivity contribution in [2.75, 3.05) is 32.7 Å². The lowest BCUT2D eigenvalue weighted by atomic mass is 10.0. The highest BCUT2D eigenvalue weighted by atomic mass is 16.2. The van der Waals surface area contributed by atoms with Crippen LogP contribution in [0.25, 0.3) is 0 Å². The van der Waals surface area contributed by atoms with Crippen LogP contribution < -0.4 is 5.32 Å². The van der Waals surface area contributed by atoms with Crippen LogP contribution in [-0.4, -0.2) is 60.4 Å². The number of likely N-dealkylation sites (tertiary alicyclic amines) is 1. The molecule has 0 saturated carbocycles. The van der Waals surface area contributed by atoms with Gasteiger partial charge in [-0.25, -0.2) is 0 Å². The number of amides is 2. The molecular weight excluding hydrogens is 362 g/mol. The SMILES string of the molecule is CC(C)CN(CC(C)C)C(=O)CN1CCC(NC(=O)CCc2ccccc2)CC1. The predicted molar refractivity (Wildman–Crippen MR) is 119 cm³/mol. The third-order valence-electron chi connectivity index (χ3n) is 5.32. The summed E-state index contributed by atoms with van der Waals surface area (Å²) >= 11 is 0. The van der Waals surface area contributed by atoms with Crippen molar-refractivity contribution in [1.29, 1.82) is 0 Å². The molecule has 0 unspecified atom stereocenters. The minimum Gasteiger partial charge on any atom is -0.353 e. The summed E-state index contributed by atoms with van der Waals surface area (Å²) in [6.07, 6.45) is 3.14. The molecule has 1 fully saturated rings.